The van der Waals surface area contributed by atoms with Crippen molar-refractivity contribution in [1.29, 1.82) is 0 Å². The van der Waals surface area contributed by atoms with Crippen molar-refractivity contribution in [2.24, 2.45) is 7.05 Å². The molecule has 0 aliphatic heterocycles. The van der Waals surface area contributed by atoms with Crippen molar-refractivity contribution in [3.63, 3.8) is 0 Å². The van der Waals surface area contributed by atoms with Crippen LogP contribution in [-0.4, -0.2) is 23.9 Å². The molecule has 0 radical (unpaired) electrons. The highest BCUT2D eigenvalue weighted by Gasteiger charge is 2.17. The number of methoxy groups -OCH3 is 1. The summed E-state index contributed by atoms with van der Waals surface area (Å²) >= 11 is 5.75. The Morgan fingerprint density at radius 2 is 2.31 bits per heavy atom. The van der Waals surface area contributed by atoms with Gasteiger partial charge in [0.05, 0.1) is 17.7 Å². The van der Waals surface area contributed by atoms with Crippen LogP contribution in [0.4, 0.5) is 0 Å². The van der Waals surface area contributed by atoms with E-state index in [1.165, 1.54) is 17.9 Å². The van der Waals surface area contributed by atoms with Gasteiger partial charge in [-0.2, -0.15) is 0 Å². The molecule has 0 saturated heterocycles. The summed E-state index contributed by atoms with van der Waals surface area (Å²) in [6.45, 7) is 0. The van der Waals surface area contributed by atoms with Crippen LogP contribution >= 0.6 is 11.6 Å². The second kappa shape index (κ2) is 3.62. The van der Waals surface area contributed by atoms with Crippen LogP contribution in [0.25, 0.3) is 0 Å². The van der Waals surface area contributed by atoms with Crippen LogP contribution in [-0.2, 0) is 11.8 Å². The molecule has 1 heterocycles. The molecule has 0 unspecified atom stereocenters. The van der Waals surface area contributed by atoms with Gasteiger partial charge in [0, 0.05) is 13.2 Å². The van der Waals surface area contributed by atoms with E-state index in [1.807, 2.05) is 0 Å². The third-order valence-corrected chi connectivity index (χ3v) is 2.08. The molecule has 0 aliphatic carbocycles. The van der Waals surface area contributed by atoms with E-state index in [4.69, 9.17) is 11.6 Å². The maximum absolute atomic E-state index is 11.1. The predicted octanol–water partition coefficient (Wildman–Crippen LogP) is 1.28. The number of carbonyl (C=O) groups is 2. The Bertz CT molecular complexity index is 357. The number of carbonyl (C=O) groups excluding carboxylic acids is 2. The zero-order chi connectivity index (χ0) is 10.0. The molecule has 0 N–H and O–H groups in total. The van der Waals surface area contributed by atoms with Crippen molar-refractivity contribution in [3.8, 4) is 0 Å². The first-order chi connectivity index (χ1) is 6.11. The molecule has 0 atom stereocenters. The number of nitrogens with zero attached hydrogens (tertiary/aromatic N) is 1. The van der Waals surface area contributed by atoms with Crippen LogP contribution in [0, 0.1) is 0 Å². The van der Waals surface area contributed by atoms with E-state index >= 15 is 0 Å². The Morgan fingerprint density at radius 3 is 2.69 bits per heavy atom. The number of aryl methyl sites for hydroxylation is 1. The van der Waals surface area contributed by atoms with Gasteiger partial charge >= 0.3 is 5.97 Å². The maximum atomic E-state index is 11.1. The number of aldehydes is 1. The summed E-state index contributed by atoms with van der Waals surface area (Å²) in [7, 11) is 2.88. The minimum absolute atomic E-state index is 0.129. The minimum atomic E-state index is -0.547. The fraction of sp³-hybridized carbons (Fsp3) is 0.250. The third-order valence-electron chi connectivity index (χ3n) is 1.68. The van der Waals surface area contributed by atoms with E-state index in [1.54, 1.807) is 7.05 Å². The number of halogens is 1. The van der Waals surface area contributed by atoms with Crippen LogP contribution in [0.1, 0.15) is 20.8 Å². The lowest BCUT2D eigenvalue weighted by atomic mass is 10.3. The molecule has 5 heteroatoms. The number of rotatable bonds is 2. The minimum Gasteiger partial charge on any atom is -0.465 e. The van der Waals surface area contributed by atoms with Crippen LogP contribution in [0.15, 0.2) is 6.20 Å². The zero-order valence-electron chi connectivity index (χ0n) is 7.20. The van der Waals surface area contributed by atoms with Crippen molar-refractivity contribution in [2.45, 2.75) is 0 Å². The number of ether oxygens (including phenoxy) is 1. The molecular formula is C8H8ClNO3. The number of hydrogen-bond acceptors (Lipinski definition) is 3. The largest absolute Gasteiger partial charge is 0.465 e. The van der Waals surface area contributed by atoms with Gasteiger partial charge in [0.15, 0.2) is 6.29 Å². The van der Waals surface area contributed by atoms with Gasteiger partial charge in [0.1, 0.15) is 5.69 Å². The molecule has 0 spiro atoms. The lowest BCUT2D eigenvalue weighted by Crippen LogP contribution is -1.99. The standard InChI is InChI=1S/C8H8ClNO3/c1-10-3-5(8(12)13-2)7(9)6(10)4-11/h3-4H,1-2H3. The summed E-state index contributed by atoms with van der Waals surface area (Å²) in [6.07, 6.45) is 2.05. The first-order valence-corrected chi connectivity index (χ1v) is 3.88. The second-order valence-corrected chi connectivity index (χ2v) is 2.84. The van der Waals surface area contributed by atoms with E-state index in [9.17, 15) is 9.59 Å². The van der Waals surface area contributed by atoms with Gasteiger partial charge in [0.25, 0.3) is 0 Å². The first-order valence-electron chi connectivity index (χ1n) is 3.50. The van der Waals surface area contributed by atoms with Crippen LogP contribution in [0.3, 0.4) is 0 Å². The normalized spacial score (nSPS) is 9.77. The highest BCUT2D eigenvalue weighted by Crippen LogP contribution is 2.21. The van der Waals surface area contributed by atoms with E-state index < -0.39 is 5.97 Å². The Labute approximate surface area is 80.1 Å². The maximum Gasteiger partial charge on any atom is 0.340 e. The first kappa shape index (κ1) is 9.80. The van der Waals surface area contributed by atoms with Gasteiger partial charge in [-0.15, -0.1) is 0 Å². The molecule has 70 valence electrons. The highest BCUT2D eigenvalue weighted by molar-refractivity contribution is 6.35. The highest BCUT2D eigenvalue weighted by atomic mass is 35.5. The van der Waals surface area contributed by atoms with E-state index in [2.05, 4.69) is 4.74 Å². The van der Waals surface area contributed by atoms with E-state index in [0.29, 0.717) is 6.29 Å². The third kappa shape index (κ3) is 1.58. The molecular weight excluding hydrogens is 194 g/mol. The van der Waals surface area contributed by atoms with Crippen molar-refractivity contribution in [3.05, 3.63) is 22.5 Å². The fourth-order valence-electron chi connectivity index (χ4n) is 1.000. The molecule has 0 aliphatic rings. The fourth-order valence-corrected chi connectivity index (χ4v) is 1.30. The van der Waals surface area contributed by atoms with Gasteiger partial charge in [-0.25, -0.2) is 4.79 Å². The Kier molecular flexibility index (Phi) is 2.72. The number of esters is 1. The van der Waals surface area contributed by atoms with Gasteiger partial charge in [0.2, 0.25) is 0 Å². The molecule has 0 saturated carbocycles. The second-order valence-electron chi connectivity index (χ2n) is 2.46. The topological polar surface area (TPSA) is 48.3 Å². The van der Waals surface area contributed by atoms with Crippen molar-refractivity contribution in [2.75, 3.05) is 7.11 Å². The molecule has 0 amide bonds. The summed E-state index contributed by atoms with van der Waals surface area (Å²) in [4.78, 5) is 21.6. The van der Waals surface area contributed by atoms with Crippen LogP contribution < -0.4 is 0 Å². The van der Waals surface area contributed by atoms with E-state index in [-0.39, 0.29) is 16.3 Å². The molecule has 1 rings (SSSR count). The molecule has 13 heavy (non-hydrogen) atoms. The number of aromatic nitrogens is 1. The molecule has 1 aromatic heterocycles. The summed E-state index contributed by atoms with van der Waals surface area (Å²) in [5, 5.41) is 0.129. The van der Waals surface area contributed by atoms with Crippen LogP contribution in [0.2, 0.25) is 5.02 Å². The van der Waals surface area contributed by atoms with E-state index in [0.717, 1.165) is 0 Å². The molecule has 0 aromatic carbocycles. The van der Waals surface area contributed by atoms with Crippen molar-refractivity contribution >= 4 is 23.9 Å². The smallest absolute Gasteiger partial charge is 0.340 e. The SMILES string of the molecule is COC(=O)c1cn(C)c(C=O)c1Cl. The molecule has 1 aromatic rings. The zero-order valence-corrected chi connectivity index (χ0v) is 7.96. The molecule has 0 fully saturated rings. The van der Waals surface area contributed by atoms with Gasteiger partial charge in [-0.05, 0) is 0 Å². The predicted molar refractivity (Wildman–Crippen MR) is 47.2 cm³/mol. The summed E-state index contributed by atoms with van der Waals surface area (Å²) < 4.78 is 5.95. The van der Waals surface area contributed by atoms with Gasteiger partial charge in [-0.1, -0.05) is 11.6 Å². The molecule has 0 bridgehead atoms. The Morgan fingerprint density at radius 1 is 1.69 bits per heavy atom. The summed E-state index contributed by atoms with van der Waals surface area (Å²) in [6, 6.07) is 0. The quantitative estimate of drug-likeness (QED) is 0.535. The van der Waals surface area contributed by atoms with Crippen molar-refractivity contribution < 1.29 is 14.3 Å². The van der Waals surface area contributed by atoms with Crippen molar-refractivity contribution in [1.82, 2.24) is 4.57 Å². The molecule has 4 nitrogen and oxygen atoms in total. The number of hydrogen-bond donors (Lipinski definition) is 0. The summed E-state index contributed by atoms with van der Waals surface area (Å²) in [5.41, 5.74) is 0.468. The lowest BCUT2D eigenvalue weighted by molar-refractivity contribution is 0.0601. The Hall–Kier alpha value is -1.29. The Balaban J connectivity index is 3.25. The van der Waals surface area contributed by atoms with Crippen LogP contribution in [0.5, 0.6) is 0 Å². The van der Waals surface area contributed by atoms with Gasteiger partial charge < -0.3 is 9.30 Å². The monoisotopic (exact) mass is 201 g/mol. The van der Waals surface area contributed by atoms with Gasteiger partial charge in [-0.3, -0.25) is 4.79 Å². The lowest BCUT2D eigenvalue weighted by Gasteiger charge is -1.94. The average Bonchev–Trinajstić information content (AvgIpc) is 2.40. The summed E-state index contributed by atoms with van der Waals surface area (Å²) in [5.74, 6) is -0.547. The average molecular weight is 202 g/mol.